The van der Waals surface area contributed by atoms with Crippen molar-refractivity contribution in [3.05, 3.63) is 0 Å². The van der Waals surface area contributed by atoms with E-state index < -0.39 is 24.0 Å². The Kier molecular flexibility index (Phi) is 6.09. The van der Waals surface area contributed by atoms with Gasteiger partial charge in [0.25, 0.3) is 0 Å². The van der Waals surface area contributed by atoms with E-state index in [0.717, 1.165) is 0 Å². The lowest BCUT2D eigenvalue weighted by Gasteiger charge is -2.18. The average molecular weight is 231 g/mol. The highest BCUT2D eigenvalue weighted by Gasteiger charge is 2.22. The van der Waals surface area contributed by atoms with Crippen LogP contribution in [-0.2, 0) is 14.4 Å². The van der Waals surface area contributed by atoms with Crippen LogP contribution in [0.1, 0.15) is 20.3 Å². The van der Waals surface area contributed by atoms with E-state index in [0.29, 0.717) is 0 Å². The second-order valence-electron chi connectivity index (χ2n) is 3.40. The number of nitrogens with two attached hydrogens (primary N) is 1. The standard InChI is InChI=1S/C9H17N3O4/c1-5(9(15)16)11-8(14)7(3-4-10)12-6(2)13/h5,7H,3-4,10H2,1-2H3,(H,11,14)(H,12,13)(H,15,16)/t5-,7-/m0/s1. The lowest BCUT2D eigenvalue weighted by Crippen LogP contribution is -2.51. The summed E-state index contributed by atoms with van der Waals surface area (Å²) in [6, 6.07) is -1.79. The Morgan fingerprint density at radius 2 is 1.88 bits per heavy atom. The molecule has 0 aliphatic carbocycles. The summed E-state index contributed by atoms with van der Waals surface area (Å²) in [4.78, 5) is 32.9. The number of carboxylic acid groups (broad SMARTS) is 1. The molecule has 0 saturated heterocycles. The van der Waals surface area contributed by atoms with Crippen LogP contribution in [0.15, 0.2) is 0 Å². The molecule has 5 N–H and O–H groups in total. The highest BCUT2D eigenvalue weighted by atomic mass is 16.4. The molecule has 0 aromatic rings. The van der Waals surface area contributed by atoms with Crippen LogP contribution in [0.3, 0.4) is 0 Å². The predicted octanol–water partition coefficient (Wildman–Crippen LogP) is -1.57. The fraction of sp³-hybridized carbons (Fsp3) is 0.667. The van der Waals surface area contributed by atoms with Crippen molar-refractivity contribution < 1.29 is 19.5 Å². The molecule has 2 amide bonds. The van der Waals surface area contributed by atoms with Gasteiger partial charge in [-0.3, -0.25) is 14.4 Å². The molecule has 92 valence electrons. The first-order valence-electron chi connectivity index (χ1n) is 4.88. The molecule has 0 unspecified atom stereocenters. The zero-order valence-corrected chi connectivity index (χ0v) is 9.32. The molecule has 0 radical (unpaired) electrons. The largest absolute Gasteiger partial charge is 0.480 e. The second kappa shape index (κ2) is 6.78. The number of aliphatic carboxylic acids is 1. The van der Waals surface area contributed by atoms with Gasteiger partial charge in [0, 0.05) is 6.92 Å². The maximum absolute atomic E-state index is 11.5. The van der Waals surface area contributed by atoms with Crippen molar-refractivity contribution in [3.63, 3.8) is 0 Å². The van der Waals surface area contributed by atoms with Crippen LogP contribution in [0.4, 0.5) is 0 Å². The summed E-state index contributed by atoms with van der Waals surface area (Å²) in [5.74, 6) is -2.05. The number of carbonyl (C=O) groups excluding carboxylic acids is 2. The van der Waals surface area contributed by atoms with Gasteiger partial charge in [-0.15, -0.1) is 0 Å². The van der Waals surface area contributed by atoms with Crippen LogP contribution in [0.5, 0.6) is 0 Å². The van der Waals surface area contributed by atoms with E-state index >= 15 is 0 Å². The molecule has 0 spiro atoms. The van der Waals surface area contributed by atoms with Crippen LogP contribution < -0.4 is 16.4 Å². The maximum atomic E-state index is 11.5. The van der Waals surface area contributed by atoms with Gasteiger partial charge in [-0.05, 0) is 19.9 Å². The first kappa shape index (κ1) is 14.4. The predicted molar refractivity (Wildman–Crippen MR) is 56.5 cm³/mol. The van der Waals surface area contributed by atoms with Crippen molar-refractivity contribution in [1.29, 1.82) is 0 Å². The lowest BCUT2D eigenvalue weighted by molar-refractivity contribution is -0.141. The zero-order chi connectivity index (χ0) is 12.7. The van der Waals surface area contributed by atoms with Crippen molar-refractivity contribution >= 4 is 17.8 Å². The van der Waals surface area contributed by atoms with Crippen LogP contribution in [0, 0.1) is 0 Å². The normalized spacial score (nSPS) is 13.7. The van der Waals surface area contributed by atoms with Crippen LogP contribution in [0.2, 0.25) is 0 Å². The molecular formula is C9H17N3O4. The summed E-state index contributed by atoms with van der Waals surface area (Å²) in [7, 11) is 0. The quantitative estimate of drug-likeness (QED) is 0.440. The van der Waals surface area contributed by atoms with Crippen molar-refractivity contribution in [2.45, 2.75) is 32.4 Å². The zero-order valence-electron chi connectivity index (χ0n) is 9.32. The smallest absolute Gasteiger partial charge is 0.325 e. The van der Waals surface area contributed by atoms with Gasteiger partial charge in [0.1, 0.15) is 12.1 Å². The van der Waals surface area contributed by atoms with E-state index in [9.17, 15) is 14.4 Å². The van der Waals surface area contributed by atoms with Gasteiger partial charge >= 0.3 is 5.97 Å². The number of carboxylic acids is 1. The molecule has 0 fully saturated rings. The maximum Gasteiger partial charge on any atom is 0.325 e. The monoisotopic (exact) mass is 231 g/mol. The minimum atomic E-state index is -1.14. The van der Waals surface area contributed by atoms with Gasteiger partial charge in [0.2, 0.25) is 11.8 Å². The van der Waals surface area contributed by atoms with Crippen molar-refractivity contribution in [2.75, 3.05) is 6.54 Å². The summed E-state index contributed by atoms with van der Waals surface area (Å²) in [6.45, 7) is 2.84. The fourth-order valence-electron chi connectivity index (χ4n) is 1.06. The Bertz CT molecular complexity index is 280. The third-order valence-corrected chi connectivity index (χ3v) is 1.88. The first-order chi connectivity index (χ1) is 7.38. The molecule has 0 aliphatic rings. The van der Waals surface area contributed by atoms with Crippen molar-refractivity contribution in [1.82, 2.24) is 10.6 Å². The van der Waals surface area contributed by atoms with Crippen LogP contribution in [-0.4, -0.2) is 41.5 Å². The Balaban J connectivity index is 4.37. The number of nitrogens with one attached hydrogen (secondary N) is 2. The second-order valence-corrected chi connectivity index (χ2v) is 3.40. The number of hydrogen-bond acceptors (Lipinski definition) is 4. The molecule has 0 heterocycles. The summed E-state index contributed by atoms with van der Waals surface area (Å²) < 4.78 is 0. The van der Waals surface area contributed by atoms with Gasteiger partial charge < -0.3 is 21.5 Å². The molecule has 2 atom stereocenters. The molecule has 0 aromatic carbocycles. The van der Waals surface area contributed by atoms with E-state index in [2.05, 4.69) is 10.6 Å². The number of carbonyl (C=O) groups is 3. The molecule has 7 heteroatoms. The van der Waals surface area contributed by atoms with E-state index in [1.807, 2.05) is 0 Å². The summed E-state index contributed by atoms with van der Waals surface area (Å²) in [6.07, 6.45) is 0.262. The molecule has 7 nitrogen and oxygen atoms in total. The van der Waals surface area contributed by atoms with Crippen LogP contribution >= 0.6 is 0 Å². The fourth-order valence-corrected chi connectivity index (χ4v) is 1.06. The Labute approximate surface area is 93.4 Å². The van der Waals surface area contributed by atoms with Gasteiger partial charge in [-0.1, -0.05) is 0 Å². The van der Waals surface area contributed by atoms with Gasteiger partial charge in [0.15, 0.2) is 0 Å². The van der Waals surface area contributed by atoms with Crippen LogP contribution in [0.25, 0.3) is 0 Å². The molecule has 0 aliphatic heterocycles. The summed E-state index contributed by atoms with van der Waals surface area (Å²) in [5.41, 5.74) is 5.29. The highest BCUT2D eigenvalue weighted by molar-refractivity contribution is 5.89. The Morgan fingerprint density at radius 3 is 2.25 bits per heavy atom. The minimum Gasteiger partial charge on any atom is -0.480 e. The molecule has 16 heavy (non-hydrogen) atoms. The van der Waals surface area contributed by atoms with E-state index in [-0.39, 0.29) is 18.9 Å². The molecule has 0 aromatic heterocycles. The lowest BCUT2D eigenvalue weighted by atomic mass is 10.1. The number of hydrogen-bond donors (Lipinski definition) is 4. The molecular weight excluding hydrogens is 214 g/mol. The summed E-state index contributed by atoms with van der Waals surface area (Å²) in [5, 5.41) is 13.3. The van der Waals surface area contributed by atoms with Crippen molar-refractivity contribution in [3.8, 4) is 0 Å². The van der Waals surface area contributed by atoms with E-state index in [1.54, 1.807) is 0 Å². The molecule has 0 bridgehead atoms. The Hall–Kier alpha value is -1.63. The summed E-state index contributed by atoms with van der Waals surface area (Å²) >= 11 is 0. The third-order valence-electron chi connectivity index (χ3n) is 1.88. The first-order valence-corrected chi connectivity index (χ1v) is 4.88. The SMILES string of the molecule is CC(=O)N[C@@H](CCN)C(=O)N[C@@H](C)C(=O)O. The minimum absolute atomic E-state index is 0.222. The van der Waals surface area contributed by atoms with Gasteiger partial charge in [-0.2, -0.15) is 0 Å². The molecule has 0 rings (SSSR count). The average Bonchev–Trinajstić information content (AvgIpc) is 2.16. The van der Waals surface area contributed by atoms with Gasteiger partial charge in [-0.25, -0.2) is 0 Å². The van der Waals surface area contributed by atoms with Gasteiger partial charge in [0.05, 0.1) is 0 Å². The molecule has 0 saturated carbocycles. The van der Waals surface area contributed by atoms with E-state index in [1.165, 1.54) is 13.8 Å². The Morgan fingerprint density at radius 1 is 1.31 bits per heavy atom. The van der Waals surface area contributed by atoms with Crippen molar-refractivity contribution in [2.24, 2.45) is 5.73 Å². The number of amides is 2. The van der Waals surface area contributed by atoms with E-state index in [4.69, 9.17) is 10.8 Å². The number of rotatable bonds is 6. The topological polar surface area (TPSA) is 122 Å². The highest BCUT2D eigenvalue weighted by Crippen LogP contribution is 1.93. The third kappa shape index (κ3) is 5.30.